The molecule has 0 spiro atoms. The van der Waals surface area contributed by atoms with Gasteiger partial charge in [0.2, 0.25) is 0 Å². The molecule has 0 bridgehead atoms. The Morgan fingerprint density at radius 2 is 1.56 bits per heavy atom. The molecule has 0 aliphatic carbocycles. The Bertz CT molecular complexity index is 219. The monoisotopic (exact) mass is 232 g/mol. The van der Waals surface area contributed by atoms with Gasteiger partial charge in [-0.15, -0.1) is 0 Å². The Balaban J connectivity index is 3.88. The van der Waals surface area contributed by atoms with Gasteiger partial charge in [0.1, 0.15) is 0 Å². The van der Waals surface area contributed by atoms with Crippen LogP contribution < -0.4 is 0 Å². The molecule has 0 rings (SSSR count). The Kier molecular flexibility index (Phi) is 7.83. The highest BCUT2D eigenvalue weighted by Gasteiger charge is 2.12. The summed E-state index contributed by atoms with van der Waals surface area (Å²) >= 11 is 0. The number of carboxylic acid groups (broad SMARTS) is 2. The standard InChI is InChI=1S/C10H16O6/c11-7-16-6-5-8(1-3-9(12)13)2-4-10(14)15/h7-8H,1-6H2,(H,12,13)(H,14,15). The average molecular weight is 232 g/mol. The van der Waals surface area contributed by atoms with E-state index in [1.54, 1.807) is 0 Å². The smallest absolute Gasteiger partial charge is 0.303 e. The zero-order chi connectivity index (χ0) is 12.4. The number of aliphatic carboxylic acids is 2. The van der Waals surface area contributed by atoms with E-state index < -0.39 is 11.9 Å². The van der Waals surface area contributed by atoms with Gasteiger partial charge in [0, 0.05) is 12.8 Å². The molecule has 0 amide bonds. The third-order valence-electron chi connectivity index (χ3n) is 2.24. The van der Waals surface area contributed by atoms with Crippen LogP contribution in [0.3, 0.4) is 0 Å². The lowest BCUT2D eigenvalue weighted by molar-refractivity contribution is -0.137. The van der Waals surface area contributed by atoms with Gasteiger partial charge < -0.3 is 14.9 Å². The number of carbonyl (C=O) groups is 3. The van der Waals surface area contributed by atoms with E-state index in [9.17, 15) is 14.4 Å². The lowest BCUT2D eigenvalue weighted by Gasteiger charge is -2.13. The third kappa shape index (κ3) is 8.98. The second-order valence-corrected chi connectivity index (χ2v) is 3.49. The molecule has 0 aromatic rings. The average Bonchev–Trinajstić information content (AvgIpc) is 2.21. The SMILES string of the molecule is O=COCCC(CCC(=O)O)CCC(=O)O. The molecule has 6 nitrogen and oxygen atoms in total. The van der Waals surface area contributed by atoms with Crippen molar-refractivity contribution >= 4 is 18.4 Å². The van der Waals surface area contributed by atoms with Crippen LogP contribution in [0.5, 0.6) is 0 Å². The molecular weight excluding hydrogens is 216 g/mol. The molecule has 0 aromatic heterocycles. The topological polar surface area (TPSA) is 101 Å². The maximum absolute atomic E-state index is 10.4. The second kappa shape index (κ2) is 8.70. The van der Waals surface area contributed by atoms with Crippen molar-refractivity contribution in [3.8, 4) is 0 Å². The van der Waals surface area contributed by atoms with Crippen LogP contribution in [0.2, 0.25) is 0 Å². The predicted molar refractivity (Wildman–Crippen MR) is 53.9 cm³/mol. The van der Waals surface area contributed by atoms with Gasteiger partial charge in [-0.2, -0.15) is 0 Å². The van der Waals surface area contributed by atoms with Crippen molar-refractivity contribution in [3.63, 3.8) is 0 Å². The van der Waals surface area contributed by atoms with Gasteiger partial charge in [0.25, 0.3) is 6.47 Å². The summed E-state index contributed by atoms with van der Waals surface area (Å²) in [6, 6.07) is 0. The van der Waals surface area contributed by atoms with E-state index in [2.05, 4.69) is 4.74 Å². The van der Waals surface area contributed by atoms with E-state index in [-0.39, 0.29) is 25.4 Å². The van der Waals surface area contributed by atoms with Crippen molar-refractivity contribution in [1.29, 1.82) is 0 Å². The number of rotatable bonds is 10. The molecule has 0 saturated carbocycles. The summed E-state index contributed by atoms with van der Waals surface area (Å²) < 4.78 is 4.50. The molecule has 6 heteroatoms. The van der Waals surface area contributed by atoms with Crippen molar-refractivity contribution in [2.75, 3.05) is 6.61 Å². The molecule has 0 radical (unpaired) electrons. The molecule has 0 aromatic carbocycles. The van der Waals surface area contributed by atoms with E-state index in [1.165, 1.54) is 0 Å². The lowest BCUT2D eigenvalue weighted by atomic mass is 9.94. The summed E-state index contributed by atoms with van der Waals surface area (Å²) in [5, 5.41) is 17.0. The van der Waals surface area contributed by atoms with E-state index in [4.69, 9.17) is 10.2 Å². The zero-order valence-electron chi connectivity index (χ0n) is 8.92. The van der Waals surface area contributed by atoms with Crippen molar-refractivity contribution in [3.05, 3.63) is 0 Å². The Morgan fingerprint density at radius 1 is 1.06 bits per heavy atom. The Labute approximate surface area is 93.2 Å². The minimum atomic E-state index is -0.906. The first-order valence-electron chi connectivity index (χ1n) is 5.05. The first-order chi connectivity index (χ1) is 7.56. The van der Waals surface area contributed by atoms with E-state index >= 15 is 0 Å². The quantitative estimate of drug-likeness (QED) is 0.428. The van der Waals surface area contributed by atoms with Crippen LogP contribution >= 0.6 is 0 Å². The molecule has 0 heterocycles. The number of ether oxygens (including phenoxy) is 1. The minimum absolute atomic E-state index is 0.00533. The fourth-order valence-corrected chi connectivity index (χ4v) is 1.37. The molecule has 0 fully saturated rings. The molecule has 92 valence electrons. The molecule has 2 N–H and O–H groups in total. The van der Waals surface area contributed by atoms with Crippen LogP contribution in [0.1, 0.15) is 32.1 Å². The number of carboxylic acids is 2. The summed E-state index contributed by atoms with van der Waals surface area (Å²) in [5.74, 6) is -1.85. The summed E-state index contributed by atoms with van der Waals surface area (Å²) in [7, 11) is 0. The summed E-state index contributed by atoms with van der Waals surface area (Å²) in [6.07, 6.45) is 1.33. The summed E-state index contributed by atoms with van der Waals surface area (Å²) in [4.78, 5) is 30.6. The Morgan fingerprint density at radius 3 is 1.94 bits per heavy atom. The molecular formula is C10H16O6. The van der Waals surface area contributed by atoms with Crippen LogP contribution in [-0.4, -0.2) is 35.2 Å². The minimum Gasteiger partial charge on any atom is -0.481 e. The number of hydrogen-bond donors (Lipinski definition) is 2. The highest BCUT2D eigenvalue weighted by molar-refractivity contribution is 5.67. The van der Waals surface area contributed by atoms with Gasteiger partial charge in [-0.25, -0.2) is 0 Å². The first kappa shape index (κ1) is 14.4. The van der Waals surface area contributed by atoms with Crippen molar-refractivity contribution in [1.82, 2.24) is 0 Å². The largest absolute Gasteiger partial charge is 0.481 e. The molecule has 0 atom stereocenters. The molecule has 0 aliphatic rings. The van der Waals surface area contributed by atoms with Crippen LogP contribution in [-0.2, 0) is 19.1 Å². The van der Waals surface area contributed by atoms with Crippen molar-refractivity contribution in [2.45, 2.75) is 32.1 Å². The van der Waals surface area contributed by atoms with Crippen LogP contribution in [0.4, 0.5) is 0 Å². The molecule has 0 unspecified atom stereocenters. The Hall–Kier alpha value is -1.59. The fourth-order valence-electron chi connectivity index (χ4n) is 1.37. The van der Waals surface area contributed by atoms with Crippen LogP contribution in [0.25, 0.3) is 0 Å². The molecule has 0 saturated heterocycles. The fraction of sp³-hybridized carbons (Fsp3) is 0.700. The van der Waals surface area contributed by atoms with Gasteiger partial charge in [0.15, 0.2) is 0 Å². The van der Waals surface area contributed by atoms with E-state index in [1.807, 2.05) is 0 Å². The predicted octanol–water partition coefficient (Wildman–Crippen LogP) is 0.895. The highest BCUT2D eigenvalue weighted by atomic mass is 16.5. The van der Waals surface area contributed by atoms with E-state index in [0.29, 0.717) is 25.7 Å². The van der Waals surface area contributed by atoms with Gasteiger partial charge in [0.05, 0.1) is 6.61 Å². The number of carbonyl (C=O) groups excluding carboxylic acids is 1. The van der Waals surface area contributed by atoms with Gasteiger partial charge >= 0.3 is 11.9 Å². The summed E-state index contributed by atoms with van der Waals surface area (Å²) in [6.45, 7) is 0.527. The van der Waals surface area contributed by atoms with Gasteiger partial charge in [-0.1, -0.05) is 0 Å². The molecule has 0 aliphatic heterocycles. The first-order valence-corrected chi connectivity index (χ1v) is 5.05. The zero-order valence-corrected chi connectivity index (χ0v) is 8.92. The number of hydrogen-bond acceptors (Lipinski definition) is 4. The third-order valence-corrected chi connectivity index (χ3v) is 2.24. The lowest BCUT2D eigenvalue weighted by Crippen LogP contribution is -2.10. The van der Waals surface area contributed by atoms with E-state index in [0.717, 1.165) is 0 Å². The summed E-state index contributed by atoms with van der Waals surface area (Å²) in [5.41, 5.74) is 0. The highest BCUT2D eigenvalue weighted by Crippen LogP contribution is 2.17. The van der Waals surface area contributed by atoms with Crippen molar-refractivity contribution < 1.29 is 29.3 Å². The maximum Gasteiger partial charge on any atom is 0.303 e. The molecule has 16 heavy (non-hydrogen) atoms. The van der Waals surface area contributed by atoms with Crippen LogP contribution in [0, 0.1) is 5.92 Å². The normalized spacial score (nSPS) is 10.1. The van der Waals surface area contributed by atoms with Crippen LogP contribution in [0.15, 0.2) is 0 Å². The maximum atomic E-state index is 10.4. The van der Waals surface area contributed by atoms with Crippen molar-refractivity contribution in [2.24, 2.45) is 5.92 Å². The van der Waals surface area contributed by atoms with Gasteiger partial charge in [-0.3, -0.25) is 14.4 Å². The van der Waals surface area contributed by atoms with Gasteiger partial charge in [-0.05, 0) is 25.2 Å². The second-order valence-electron chi connectivity index (χ2n) is 3.49.